The number of esters is 1. The van der Waals surface area contributed by atoms with Gasteiger partial charge in [-0.05, 0) is 53.2 Å². The summed E-state index contributed by atoms with van der Waals surface area (Å²) >= 11 is 0. The van der Waals surface area contributed by atoms with Gasteiger partial charge in [-0.2, -0.15) is 4.68 Å². The quantitative estimate of drug-likeness (QED) is 0.430. The summed E-state index contributed by atoms with van der Waals surface area (Å²) in [5, 5.41) is 12.7. The number of methoxy groups -OCH3 is 1. The molecule has 10 nitrogen and oxygen atoms in total. The Morgan fingerprint density at radius 2 is 2.03 bits per heavy atom. The molecule has 2 aromatic carbocycles. The fourth-order valence-electron chi connectivity index (χ4n) is 4.62. The molecule has 1 aromatic heterocycles. The van der Waals surface area contributed by atoms with Gasteiger partial charge in [-0.15, -0.1) is 5.10 Å². The number of quaternary nitrogens is 1. The highest BCUT2D eigenvalue weighted by Crippen LogP contribution is 2.51. The lowest BCUT2D eigenvalue weighted by molar-refractivity contribution is -0.917. The van der Waals surface area contributed by atoms with Gasteiger partial charge in [0.15, 0.2) is 17.5 Å². The molecule has 172 valence electrons. The van der Waals surface area contributed by atoms with Crippen molar-refractivity contribution >= 4 is 5.97 Å². The number of carbonyl (C=O) groups excluding carboxylic acids is 1. The molecule has 0 radical (unpaired) electrons. The Morgan fingerprint density at radius 1 is 1.24 bits per heavy atom. The van der Waals surface area contributed by atoms with Crippen molar-refractivity contribution in [2.75, 3.05) is 41.1 Å². The number of tetrazole rings is 1. The molecule has 3 aromatic rings. The highest BCUT2D eigenvalue weighted by Gasteiger charge is 2.45. The minimum atomic E-state index is -0.360. The summed E-state index contributed by atoms with van der Waals surface area (Å²) in [5.74, 6) is 2.28. The highest BCUT2D eigenvalue weighted by molar-refractivity contribution is 5.89. The molecule has 0 bridgehead atoms. The number of nitrogens with zero attached hydrogens (tertiary/aromatic N) is 5. The van der Waals surface area contributed by atoms with Crippen molar-refractivity contribution in [3.05, 3.63) is 52.8 Å². The fraction of sp³-hybridized carbons (Fsp3) is 0.391. The van der Waals surface area contributed by atoms with Crippen LogP contribution in [-0.4, -0.2) is 71.8 Å². The molecule has 0 fully saturated rings. The van der Waals surface area contributed by atoms with E-state index in [1.54, 1.807) is 30.8 Å². The van der Waals surface area contributed by atoms with Gasteiger partial charge in [0.2, 0.25) is 18.4 Å². The van der Waals surface area contributed by atoms with Crippen molar-refractivity contribution in [2.45, 2.75) is 19.4 Å². The van der Waals surface area contributed by atoms with Crippen molar-refractivity contribution in [2.24, 2.45) is 0 Å². The lowest BCUT2D eigenvalue weighted by atomic mass is 9.88. The number of benzene rings is 2. The molecular formula is C23H26N5O5+. The first-order chi connectivity index (χ1) is 15.9. The van der Waals surface area contributed by atoms with Crippen LogP contribution in [0.15, 0.2) is 30.3 Å². The van der Waals surface area contributed by atoms with Crippen LogP contribution < -0.4 is 14.2 Å². The van der Waals surface area contributed by atoms with E-state index in [9.17, 15) is 4.79 Å². The van der Waals surface area contributed by atoms with Crippen LogP contribution in [-0.2, 0) is 11.2 Å². The molecule has 0 saturated heterocycles. The van der Waals surface area contributed by atoms with E-state index >= 15 is 0 Å². The van der Waals surface area contributed by atoms with Crippen LogP contribution in [0.2, 0.25) is 0 Å². The van der Waals surface area contributed by atoms with Gasteiger partial charge in [-0.25, -0.2) is 4.79 Å². The minimum absolute atomic E-state index is 0.169. The van der Waals surface area contributed by atoms with Crippen molar-refractivity contribution in [3.63, 3.8) is 0 Å². The largest absolute Gasteiger partial charge is 0.492 e. The monoisotopic (exact) mass is 452 g/mol. The zero-order chi connectivity index (χ0) is 23.2. The molecule has 2 aliphatic rings. The number of carbonyl (C=O) groups is 1. The number of ether oxygens (including phenoxy) is 4. The van der Waals surface area contributed by atoms with E-state index in [1.165, 1.54) is 0 Å². The Bertz CT molecular complexity index is 1200. The molecule has 3 heterocycles. The molecule has 1 unspecified atom stereocenters. The second-order valence-electron chi connectivity index (χ2n) is 8.59. The van der Waals surface area contributed by atoms with Gasteiger partial charge < -0.3 is 23.4 Å². The summed E-state index contributed by atoms with van der Waals surface area (Å²) < 4.78 is 24.6. The number of fused-ring (bicyclic) bond motifs is 2. The molecule has 0 saturated carbocycles. The average molecular weight is 452 g/mol. The summed E-state index contributed by atoms with van der Waals surface area (Å²) in [4.78, 5) is 12.0. The van der Waals surface area contributed by atoms with Gasteiger partial charge in [0.1, 0.15) is 0 Å². The number of rotatable bonds is 5. The van der Waals surface area contributed by atoms with Gasteiger partial charge in [-0.1, -0.05) is 0 Å². The Balaban J connectivity index is 1.62. The van der Waals surface area contributed by atoms with E-state index in [4.69, 9.17) is 18.9 Å². The number of hydrogen-bond acceptors (Lipinski definition) is 8. The van der Waals surface area contributed by atoms with Crippen LogP contribution in [0, 0.1) is 0 Å². The first kappa shape index (κ1) is 21.2. The smallest absolute Gasteiger partial charge is 0.338 e. The standard InChI is InChI=1S/C23H26N5O5/c1-5-31-23(29)14-6-8-16(9-7-14)27-22(24-25-26-27)19-18-15(10-11-28(19,2)3)12-17-20(21(18)30-4)33-13-32-17/h6-9,12,19H,5,10-11,13H2,1-4H3/q+1. The van der Waals surface area contributed by atoms with E-state index in [-0.39, 0.29) is 18.8 Å². The molecule has 0 N–H and O–H groups in total. The molecule has 1 atom stereocenters. The molecule has 2 aliphatic heterocycles. The predicted octanol–water partition coefficient (Wildman–Crippen LogP) is 2.30. The maximum atomic E-state index is 12.0. The van der Waals surface area contributed by atoms with Crippen molar-refractivity contribution < 1.29 is 28.2 Å². The normalized spacial score (nSPS) is 18.0. The van der Waals surface area contributed by atoms with Gasteiger partial charge >= 0.3 is 5.97 Å². The maximum absolute atomic E-state index is 12.0. The van der Waals surface area contributed by atoms with E-state index in [1.807, 2.05) is 18.2 Å². The van der Waals surface area contributed by atoms with Gasteiger partial charge in [-0.3, -0.25) is 0 Å². The lowest BCUT2D eigenvalue weighted by Crippen LogP contribution is -2.49. The molecule has 0 amide bonds. The van der Waals surface area contributed by atoms with Crippen LogP contribution in [0.1, 0.15) is 40.3 Å². The summed E-state index contributed by atoms with van der Waals surface area (Å²) in [6, 6.07) is 8.88. The Kier molecular flexibility index (Phi) is 5.16. The third-order valence-electron chi connectivity index (χ3n) is 6.24. The maximum Gasteiger partial charge on any atom is 0.338 e. The van der Waals surface area contributed by atoms with E-state index in [0.717, 1.165) is 29.8 Å². The Labute approximate surface area is 191 Å². The van der Waals surface area contributed by atoms with E-state index < -0.39 is 0 Å². The van der Waals surface area contributed by atoms with Crippen LogP contribution in [0.4, 0.5) is 0 Å². The minimum Gasteiger partial charge on any atom is -0.492 e. The molecule has 33 heavy (non-hydrogen) atoms. The van der Waals surface area contributed by atoms with Gasteiger partial charge in [0.05, 0.1) is 51.2 Å². The third-order valence-corrected chi connectivity index (χ3v) is 6.24. The van der Waals surface area contributed by atoms with Gasteiger partial charge in [0.25, 0.3) is 0 Å². The molecular weight excluding hydrogens is 426 g/mol. The SMILES string of the molecule is CCOC(=O)c1ccc(-n2nnnc2C2c3c(cc4c(c3OC)OCO4)CC[N+]2(C)C)cc1. The van der Waals surface area contributed by atoms with Crippen molar-refractivity contribution in [1.29, 1.82) is 0 Å². The van der Waals surface area contributed by atoms with Crippen LogP contribution >= 0.6 is 0 Å². The summed E-state index contributed by atoms with van der Waals surface area (Å²) in [7, 11) is 5.95. The van der Waals surface area contributed by atoms with Crippen molar-refractivity contribution in [1.82, 2.24) is 20.2 Å². The van der Waals surface area contributed by atoms with E-state index in [2.05, 4.69) is 29.6 Å². The van der Waals surface area contributed by atoms with Crippen LogP contribution in [0.25, 0.3) is 5.69 Å². The van der Waals surface area contributed by atoms with Crippen molar-refractivity contribution in [3.8, 4) is 22.9 Å². The summed E-state index contributed by atoms with van der Waals surface area (Å²) in [6.45, 7) is 3.16. The second-order valence-corrected chi connectivity index (χ2v) is 8.59. The van der Waals surface area contributed by atoms with Crippen LogP contribution in [0.3, 0.4) is 0 Å². The number of aromatic nitrogens is 4. The van der Waals surface area contributed by atoms with Crippen LogP contribution in [0.5, 0.6) is 17.2 Å². The molecule has 10 heteroatoms. The summed E-state index contributed by atoms with van der Waals surface area (Å²) in [5.41, 5.74) is 3.35. The van der Waals surface area contributed by atoms with E-state index in [0.29, 0.717) is 39.7 Å². The zero-order valence-corrected chi connectivity index (χ0v) is 19.1. The number of hydrogen-bond donors (Lipinski definition) is 0. The number of likely N-dealkylation sites (N-methyl/N-ethyl adjacent to an activating group) is 1. The fourth-order valence-corrected chi connectivity index (χ4v) is 4.62. The first-order valence-electron chi connectivity index (χ1n) is 10.8. The zero-order valence-electron chi connectivity index (χ0n) is 19.1. The summed E-state index contributed by atoms with van der Waals surface area (Å²) in [6.07, 6.45) is 0.863. The molecule has 0 aliphatic carbocycles. The first-order valence-corrected chi connectivity index (χ1v) is 10.8. The topological polar surface area (TPSA) is 97.6 Å². The predicted molar refractivity (Wildman–Crippen MR) is 117 cm³/mol. The van der Waals surface area contributed by atoms with Gasteiger partial charge in [0, 0.05) is 6.42 Å². The lowest BCUT2D eigenvalue weighted by Gasteiger charge is -2.42. The third kappa shape index (κ3) is 3.46. The molecule has 5 rings (SSSR count). The Hall–Kier alpha value is -3.66. The Morgan fingerprint density at radius 3 is 2.76 bits per heavy atom. The average Bonchev–Trinajstić information content (AvgIpc) is 3.47. The second kappa shape index (κ2) is 8.04. The molecule has 0 spiro atoms. The highest BCUT2D eigenvalue weighted by atomic mass is 16.7.